The Kier molecular flexibility index (Phi) is 6.65. The van der Waals surface area contributed by atoms with Crippen molar-refractivity contribution >= 4 is 35.6 Å². The molecule has 2 amide bonds. The number of rotatable bonds is 4. The summed E-state index contributed by atoms with van der Waals surface area (Å²) in [5.41, 5.74) is 2.35. The van der Waals surface area contributed by atoms with Gasteiger partial charge < -0.3 is 16.0 Å². The molecule has 0 bridgehead atoms. The third-order valence-corrected chi connectivity index (χ3v) is 3.51. The molecule has 1 unspecified atom stereocenters. The Balaban J connectivity index is 0.00000220. The lowest BCUT2D eigenvalue weighted by molar-refractivity contribution is -0.116. The predicted octanol–water partition coefficient (Wildman–Crippen LogP) is 2.46. The van der Waals surface area contributed by atoms with Crippen LogP contribution >= 0.6 is 12.4 Å². The summed E-state index contributed by atoms with van der Waals surface area (Å²) in [5.74, 6) is -0.112. The summed E-state index contributed by atoms with van der Waals surface area (Å²) in [6.45, 7) is 4.35. The van der Waals surface area contributed by atoms with Crippen LogP contribution in [0.15, 0.2) is 18.2 Å². The predicted molar refractivity (Wildman–Crippen MR) is 87.0 cm³/mol. The summed E-state index contributed by atoms with van der Waals surface area (Å²) in [4.78, 5) is 23.1. The van der Waals surface area contributed by atoms with Crippen LogP contribution in [-0.2, 0) is 9.59 Å². The lowest BCUT2D eigenvalue weighted by Gasteiger charge is -2.14. The van der Waals surface area contributed by atoms with Gasteiger partial charge in [0.05, 0.1) is 0 Å². The Hall–Kier alpha value is -1.59. The van der Waals surface area contributed by atoms with Gasteiger partial charge in [-0.1, -0.05) is 6.07 Å². The molecule has 1 fully saturated rings. The third kappa shape index (κ3) is 5.02. The van der Waals surface area contributed by atoms with Gasteiger partial charge in [0.2, 0.25) is 11.8 Å². The van der Waals surface area contributed by atoms with Crippen LogP contribution < -0.4 is 16.0 Å². The van der Waals surface area contributed by atoms with Crippen LogP contribution in [0.1, 0.15) is 31.7 Å². The van der Waals surface area contributed by atoms with Crippen LogP contribution in [0.25, 0.3) is 0 Å². The van der Waals surface area contributed by atoms with Crippen molar-refractivity contribution in [3.63, 3.8) is 0 Å². The number of carbonyl (C=O) groups is 2. The van der Waals surface area contributed by atoms with Crippen molar-refractivity contribution in [2.75, 3.05) is 17.2 Å². The second-order valence-corrected chi connectivity index (χ2v) is 5.20. The van der Waals surface area contributed by atoms with Gasteiger partial charge in [0.1, 0.15) is 0 Å². The van der Waals surface area contributed by atoms with E-state index < -0.39 is 0 Å². The maximum atomic E-state index is 12.0. The van der Waals surface area contributed by atoms with Gasteiger partial charge in [-0.3, -0.25) is 9.59 Å². The Morgan fingerprint density at radius 3 is 2.52 bits per heavy atom. The Morgan fingerprint density at radius 2 is 1.95 bits per heavy atom. The Bertz CT molecular complexity index is 514. The van der Waals surface area contributed by atoms with Crippen LogP contribution in [0.4, 0.5) is 11.4 Å². The first-order valence-corrected chi connectivity index (χ1v) is 6.96. The maximum Gasteiger partial charge on any atom is 0.225 e. The second kappa shape index (κ2) is 8.00. The topological polar surface area (TPSA) is 70.2 Å². The molecule has 1 saturated heterocycles. The lowest BCUT2D eigenvalue weighted by Crippen LogP contribution is -2.27. The molecule has 1 atom stereocenters. The zero-order valence-corrected chi connectivity index (χ0v) is 13.2. The van der Waals surface area contributed by atoms with E-state index in [2.05, 4.69) is 16.0 Å². The van der Waals surface area contributed by atoms with Crippen LogP contribution in [0, 0.1) is 6.92 Å². The minimum absolute atomic E-state index is 0. The fourth-order valence-electron chi connectivity index (χ4n) is 2.45. The van der Waals surface area contributed by atoms with Gasteiger partial charge >= 0.3 is 0 Å². The number of amides is 2. The normalized spacial score (nSPS) is 17.0. The molecule has 1 aliphatic heterocycles. The summed E-state index contributed by atoms with van der Waals surface area (Å²) in [7, 11) is 0. The lowest BCUT2D eigenvalue weighted by atomic mass is 10.1. The van der Waals surface area contributed by atoms with Gasteiger partial charge in [0.25, 0.3) is 0 Å². The molecule has 2 rings (SSSR count). The zero-order chi connectivity index (χ0) is 14.5. The van der Waals surface area contributed by atoms with Crippen molar-refractivity contribution in [2.45, 2.75) is 39.2 Å². The van der Waals surface area contributed by atoms with E-state index in [1.165, 1.54) is 6.92 Å². The highest BCUT2D eigenvalue weighted by Crippen LogP contribution is 2.23. The smallest absolute Gasteiger partial charge is 0.225 e. The highest BCUT2D eigenvalue weighted by Gasteiger charge is 2.18. The molecule has 0 saturated carbocycles. The van der Waals surface area contributed by atoms with Gasteiger partial charge in [-0.2, -0.15) is 0 Å². The van der Waals surface area contributed by atoms with E-state index in [0.29, 0.717) is 6.42 Å². The summed E-state index contributed by atoms with van der Waals surface area (Å²) in [6, 6.07) is 5.78. The molecular weight excluding hydrogens is 290 g/mol. The van der Waals surface area contributed by atoms with Crippen LogP contribution in [-0.4, -0.2) is 24.4 Å². The molecule has 116 valence electrons. The van der Waals surface area contributed by atoms with Gasteiger partial charge in [0, 0.05) is 30.8 Å². The summed E-state index contributed by atoms with van der Waals surface area (Å²) < 4.78 is 0. The van der Waals surface area contributed by atoms with Crippen molar-refractivity contribution in [3.05, 3.63) is 23.8 Å². The van der Waals surface area contributed by atoms with Crippen LogP contribution in [0.3, 0.4) is 0 Å². The van der Waals surface area contributed by atoms with Gasteiger partial charge in [-0.15, -0.1) is 12.4 Å². The minimum atomic E-state index is -0.119. The van der Waals surface area contributed by atoms with Crippen molar-refractivity contribution in [2.24, 2.45) is 0 Å². The van der Waals surface area contributed by atoms with E-state index in [9.17, 15) is 9.59 Å². The van der Waals surface area contributed by atoms with Crippen molar-refractivity contribution in [1.82, 2.24) is 5.32 Å². The molecule has 3 N–H and O–H groups in total. The maximum absolute atomic E-state index is 12.0. The van der Waals surface area contributed by atoms with E-state index in [0.717, 1.165) is 36.3 Å². The van der Waals surface area contributed by atoms with Gasteiger partial charge in [-0.05, 0) is 44.0 Å². The van der Waals surface area contributed by atoms with Crippen molar-refractivity contribution < 1.29 is 9.59 Å². The van der Waals surface area contributed by atoms with Crippen molar-refractivity contribution in [3.8, 4) is 0 Å². The summed E-state index contributed by atoms with van der Waals surface area (Å²) in [5, 5.41) is 8.99. The summed E-state index contributed by atoms with van der Waals surface area (Å²) in [6.07, 6.45) is 2.68. The molecule has 6 heteroatoms. The number of anilines is 2. The van der Waals surface area contributed by atoms with Crippen molar-refractivity contribution in [1.29, 1.82) is 0 Å². The molecule has 1 aromatic carbocycles. The molecule has 1 aliphatic rings. The summed E-state index contributed by atoms with van der Waals surface area (Å²) >= 11 is 0. The highest BCUT2D eigenvalue weighted by molar-refractivity contribution is 5.95. The monoisotopic (exact) mass is 311 g/mol. The standard InChI is InChI=1S/C15H21N3O2.ClH/c1-10-13(17-11(2)19)6-3-7-14(10)18-15(20)9-12-5-4-8-16-12;/h3,6-7,12,16H,4-5,8-9H2,1-2H3,(H,17,19)(H,18,20);1H. The van der Waals surface area contributed by atoms with E-state index in [1.54, 1.807) is 0 Å². The number of hydrogen-bond donors (Lipinski definition) is 3. The molecule has 5 nitrogen and oxygen atoms in total. The SMILES string of the molecule is CC(=O)Nc1cccc(NC(=O)CC2CCCN2)c1C.Cl. The molecular formula is C15H22ClN3O2. The second-order valence-electron chi connectivity index (χ2n) is 5.20. The van der Waals surface area contributed by atoms with Gasteiger partial charge in [-0.25, -0.2) is 0 Å². The molecule has 0 radical (unpaired) electrons. The largest absolute Gasteiger partial charge is 0.326 e. The van der Waals surface area contributed by atoms with Gasteiger partial charge in [0.15, 0.2) is 0 Å². The average molecular weight is 312 g/mol. The number of halogens is 1. The number of nitrogens with one attached hydrogen (secondary N) is 3. The average Bonchev–Trinajstić information content (AvgIpc) is 2.86. The van der Waals surface area contributed by atoms with Crippen LogP contribution in [0.2, 0.25) is 0 Å². The molecule has 0 aromatic heterocycles. The van der Waals surface area contributed by atoms with Crippen LogP contribution in [0.5, 0.6) is 0 Å². The molecule has 0 spiro atoms. The zero-order valence-electron chi connectivity index (χ0n) is 12.4. The number of carbonyl (C=O) groups excluding carboxylic acids is 2. The van der Waals surface area contributed by atoms with E-state index >= 15 is 0 Å². The Labute approximate surface area is 131 Å². The van der Waals surface area contributed by atoms with E-state index in [-0.39, 0.29) is 30.3 Å². The fraction of sp³-hybridized carbons (Fsp3) is 0.467. The fourth-order valence-corrected chi connectivity index (χ4v) is 2.45. The number of hydrogen-bond acceptors (Lipinski definition) is 3. The third-order valence-electron chi connectivity index (χ3n) is 3.51. The highest BCUT2D eigenvalue weighted by atomic mass is 35.5. The first-order valence-electron chi connectivity index (χ1n) is 6.96. The quantitative estimate of drug-likeness (QED) is 0.800. The number of benzene rings is 1. The molecule has 21 heavy (non-hydrogen) atoms. The van der Waals surface area contributed by atoms with E-state index in [4.69, 9.17) is 0 Å². The molecule has 1 aromatic rings. The minimum Gasteiger partial charge on any atom is -0.326 e. The first kappa shape index (κ1) is 17.5. The Morgan fingerprint density at radius 1 is 1.29 bits per heavy atom. The van der Waals surface area contributed by atoms with E-state index in [1.807, 2.05) is 25.1 Å². The molecule has 1 heterocycles. The molecule has 0 aliphatic carbocycles. The first-order chi connectivity index (χ1) is 9.56.